The maximum absolute atomic E-state index is 13.1. The Morgan fingerprint density at radius 1 is 1.18 bits per heavy atom. The predicted octanol–water partition coefficient (Wildman–Crippen LogP) is 4.33. The van der Waals surface area contributed by atoms with Crippen LogP contribution >= 0.6 is 0 Å². The highest BCUT2D eigenvalue weighted by Crippen LogP contribution is 2.17. The summed E-state index contributed by atoms with van der Waals surface area (Å²) in [6.07, 6.45) is 2.07. The molecule has 6 heteroatoms. The van der Waals surface area contributed by atoms with Crippen LogP contribution in [0.2, 0.25) is 0 Å². The molecule has 0 aromatic heterocycles. The monoisotopic (exact) mass is 383 g/mol. The molecule has 1 aliphatic heterocycles. The van der Waals surface area contributed by atoms with Gasteiger partial charge in [0.15, 0.2) is 0 Å². The van der Waals surface area contributed by atoms with E-state index in [1.165, 1.54) is 29.8 Å². The van der Waals surface area contributed by atoms with Gasteiger partial charge in [0.25, 0.3) is 5.91 Å². The van der Waals surface area contributed by atoms with Crippen molar-refractivity contribution in [1.82, 2.24) is 5.32 Å². The van der Waals surface area contributed by atoms with E-state index in [4.69, 9.17) is 4.74 Å². The first-order valence-corrected chi connectivity index (χ1v) is 9.61. The number of hydrogen-bond donors (Lipinski definition) is 2. The Hall–Kier alpha value is -2.73. The van der Waals surface area contributed by atoms with Crippen molar-refractivity contribution < 1.29 is 13.9 Å². The first-order chi connectivity index (χ1) is 13.5. The summed E-state index contributed by atoms with van der Waals surface area (Å²) < 4.78 is 18.7. The number of aliphatic imine (C=N–C) groups is 1. The summed E-state index contributed by atoms with van der Waals surface area (Å²) in [7, 11) is 0. The van der Waals surface area contributed by atoms with Crippen LogP contribution in [-0.2, 0) is 4.74 Å². The standard InChI is InChI=1S/C22H26FN3O2/c1-15(2)16-7-11-19(12-8-16)25-22(24-14-20-4-3-13-28-20)26-21(27)17-5-9-18(23)10-6-17/h5-12,15,20H,3-4,13-14H2,1-2H3,(H2,24,25,26,27)/t20-/m1/s1. The summed E-state index contributed by atoms with van der Waals surface area (Å²) in [5.41, 5.74) is 2.43. The Morgan fingerprint density at radius 3 is 2.50 bits per heavy atom. The van der Waals surface area contributed by atoms with Crippen LogP contribution in [0, 0.1) is 5.82 Å². The van der Waals surface area contributed by atoms with E-state index in [1.807, 2.05) is 24.3 Å². The molecule has 148 valence electrons. The zero-order valence-electron chi connectivity index (χ0n) is 16.2. The molecule has 0 saturated carbocycles. The van der Waals surface area contributed by atoms with Crippen LogP contribution in [0.25, 0.3) is 0 Å². The minimum atomic E-state index is -0.382. The van der Waals surface area contributed by atoms with E-state index < -0.39 is 0 Å². The van der Waals surface area contributed by atoms with Crippen LogP contribution in [0.15, 0.2) is 53.5 Å². The number of carbonyl (C=O) groups excluding carboxylic acids is 1. The predicted molar refractivity (Wildman–Crippen MR) is 109 cm³/mol. The van der Waals surface area contributed by atoms with Gasteiger partial charge in [0.05, 0.1) is 12.6 Å². The smallest absolute Gasteiger partial charge is 0.257 e. The van der Waals surface area contributed by atoms with E-state index in [1.54, 1.807) is 0 Å². The number of ether oxygens (including phenoxy) is 1. The quantitative estimate of drug-likeness (QED) is 0.597. The number of nitrogens with one attached hydrogen (secondary N) is 2. The Morgan fingerprint density at radius 2 is 1.89 bits per heavy atom. The maximum atomic E-state index is 13.1. The van der Waals surface area contributed by atoms with E-state index in [9.17, 15) is 9.18 Å². The minimum Gasteiger partial charge on any atom is -0.376 e. The van der Waals surface area contributed by atoms with Gasteiger partial charge in [-0.05, 0) is 60.7 Å². The Labute approximate surface area is 165 Å². The maximum Gasteiger partial charge on any atom is 0.257 e. The largest absolute Gasteiger partial charge is 0.376 e. The number of amides is 1. The molecule has 0 radical (unpaired) electrons. The van der Waals surface area contributed by atoms with Gasteiger partial charge in [-0.1, -0.05) is 26.0 Å². The SMILES string of the molecule is CC(C)c1ccc(NC(=NC[C@H]2CCCO2)NC(=O)c2ccc(F)cc2)cc1. The van der Waals surface area contributed by atoms with Crippen LogP contribution in [0.4, 0.5) is 10.1 Å². The van der Waals surface area contributed by atoms with Gasteiger partial charge in [-0.25, -0.2) is 9.38 Å². The van der Waals surface area contributed by atoms with Crippen LogP contribution in [0.5, 0.6) is 0 Å². The first kappa shape index (κ1) is 20.0. The molecule has 2 aromatic carbocycles. The van der Waals surface area contributed by atoms with Gasteiger partial charge < -0.3 is 10.1 Å². The molecule has 5 nitrogen and oxygen atoms in total. The molecule has 1 heterocycles. The number of nitrogens with zero attached hydrogens (tertiary/aromatic N) is 1. The molecule has 2 aromatic rings. The average Bonchev–Trinajstić information content (AvgIpc) is 3.20. The highest BCUT2D eigenvalue weighted by atomic mass is 19.1. The number of carbonyl (C=O) groups is 1. The van der Waals surface area contributed by atoms with Crippen LogP contribution < -0.4 is 10.6 Å². The number of rotatable bonds is 5. The highest BCUT2D eigenvalue weighted by Gasteiger charge is 2.16. The molecule has 0 aliphatic carbocycles. The average molecular weight is 383 g/mol. The second-order valence-corrected chi connectivity index (χ2v) is 7.19. The van der Waals surface area contributed by atoms with E-state index in [0.717, 1.165) is 25.1 Å². The van der Waals surface area contributed by atoms with E-state index >= 15 is 0 Å². The third-order valence-electron chi connectivity index (χ3n) is 4.66. The third kappa shape index (κ3) is 5.63. The molecule has 1 fully saturated rings. The van der Waals surface area contributed by atoms with Crippen molar-refractivity contribution in [3.05, 3.63) is 65.5 Å². The number of guanidine groups is 1. The molecule has 28 heavy (non-hydrogen) atoms. The van der Waals surface area contributed by atoms with Gasteiger partial charge >= 0.3 is 0 Å². The fourth-order valence-electron chi connectivity index (χ4n) is 2.96. The van der Waals surface area contributed by atoms with Crippen molar-refractivity contribution in [2.24, 2.45) is 4.99 Å². The Bertz CT molecular complexity index is 811. The molecule has 0 spiro atoms. The van der Waals surface area contributed by atoms with Gasteiger partial charge in [0.2, 0.25) is 5.96 Å². The highest BCUT2D eigenvalue weighted by molar-refractivity contribution is 6.09. The van der Waals surface area contributed by atoms with Gasteiger partial charge in [-0.15, -0.1) is 0 Å². The second-order valence-electron chi connectivity index (χ2n) is 7.19. The molecule has 1 amide bonds. The van der Waals surface area contributed by atoms with Crippen LogP contribution in [0.3, 0.4) is 0 Å². The third-order valence-corrected chi connectivity index (χ3v) is 4.66. The summed E-state index contributed by atoms with van der Waals surface area (Å²) in [6, 6.07) is 13.4. The topological polar surface area (TPSA) is 62.7 Å². The molecule has 0 unspecified atom stereocenters. The summed E-state index contributed by atoms with van der Waals surface area (Å²) in [6.45, 7) is 5.50. The molecule has 0 bridgehead atoms. The Balaban J connectivity index is 1.72. The lowest BCUT2D eigenvalue weighted by molar-refractivity contribution is 0.0975. The molecule has 3 rings (SSSR count). The Kier molecular flexibility index (Phi) is 6.76. The zero-order chi connectivity index (χ0) is 19.9. The number of hydrogen-bond acceptors (Lipinski definition) is 3. The van der Waals surface area contributed by atoms with Crippen molar-refractivity contribution >= 4 is 17.6 Å². The lowest BCUT2D eigenvalue weighted by Gasteiger charge is -2.14. The van der Waals surface area contributed by atoms with E-state index in [2.05, 4.69) is 29.5 Å². The van der Waals surface area contributed by atoms with Crippen molar-refractivity contribution in [2.45, 2.75) is 38.7 Å². The minimum absolute atomic E-state index is 0.0721. The number of anilines is 1. The van der Waals surface area contributed by atoms with E-state index in [0.29, 0.717) is 24.0 Å². The van der Waals surface area contributed by atoms with E-state index in [-0.39, 0.29) is 17.8 Å². The van der Waals surface area contributed by atoms with Gasteiger partial charge in [-0.2, -0.15) is 0 Å². The lowest BCUT2D eigenvalue weighted by Crippen LogP contribution is -2.36. The molecular formula is C22H26FN3O2. The fraction of sp³-hybridized carbons (Fsp3) is 0.364. The normalized spacial score (nSPS) is 17.0. The lowest BCUT2D eigenvalue weighted by atomic mass is 10.0. The summed E-state index contributed by atoms with van der Waals surface area (Å²) in [4.78, 5) is 17.0. The van der Waals surface area contributed by atoms with Gasteiger partial charge in [-0.3, -0.25) is 10.1 Å². The molecule has 2 N–H and O–H groups in total. The van der Waals surface area contributed by atoms with Crippen molar-refractivity contribution in [1.29, 1.82) is 0 Å². The second kappa shape index (κ2) is 9.46. The number of halogens is 1. The summed E-state index contributed by atoms with van der Waals surface area (Å²) in [5.74, 6) is 0.0617. The van der Waals surface area contributed by atoms with Crippen LogP contribution in [-0.4, -0.2) is 31.1 Å². The van der Waals surface area contributed by atoms with Crippen LogP contribution in [0.1, 0.15) is 48.5 Å². The molecule has 1 atom stereocenters. The number of benzene rings is 2. The zero-order valence-corrected chi connectivity index (χ0v) is 16.2. The molecule has 1 saturated heterocycles. The summed E-state index contributed by atoms with van der Waals surface area (Å²) >= 11 is 0. The first-order valence-electron chi connectivity index (χ1n) is 9.61. The van der Waals surface area contributed by atoms with Crippen molar-refractivity contribution in [3.8, 4) is 0 Å². The van der Waals surface area contributed by atoms with Gasteiger partial charge in [0, 0.05) is 17.9 Å². The van der Waals surface area contributed by atoms with Gasteiger partial charge in [0.1, 0.15) is 5.82 Å². The molecular weight excluding hydrogens is 357 g/mol. The molecule has 1 aliphatic rings. The van der Waals surface area contributed by atoms with Crippen molar-refractivity contribution in [2.75, 3.05) is 18.5 Å². The fourth-order valence-corrected chi connectivity index (χ4v) is 2.96. The van der Waals surface area contributed by atoms with Crippen molar-refractivity contribution in [3.63, 3.8) is 0 Å². The summed E-state index contributed by atoms with van der Waals surface area (Å²) in [5, 5.41) is 5.95.